The number of nitrogens with one attached hydrogen (secondary N) is 1. The smallest absolute Gasteiger partial charge is 0.266 e. The summed E-state index contributed by atoms with van der Waals surface area (Å²) in [6.45, 7) is 2.32. The third-order valence-corrected chi connectivity index (χ3v) is 6.20. The maximum Gasteiger partial charge on any atom is 0.266 e. The van der Waals surface area contributed by atoms with E-state index in [1.54, 1.807) is 25.3 Å². The number of fused-ring (bicyclic) bond motifs is 1. The first-order chi connectivity index (χ1) is 17.0. The molecule has 4 aromatic carbocycles. The summed E-state index contributed by atoms with van der Waals surface area (Å²) in [5.74, 6) is 0.671. The Kier molecular flexibility index (Phi) is 7.68. The number of nitrogens with zero attached hydrogens (tertiary/aromatic N) is 1. The van der Waals surface area contributed by atoms with Crippen molar-refractivity contribution in [3.63, 3.8) is 0 Å². The average Bonchev–Trinajstić information content (AvgIpc) is 2.86. The van der Waals surface area contributed by atoms with Crippen molar-refractivity contribution in [2.45, 2.75) is 13.5 Å². The predicted molar refractivity (Wildman–Crippen MR) is 147 cm³/mol. The third-order valence-electron chi connectivity index (χ3n) is 5.40. The molecule has 6 heteroatoms. The molecule has 0 aliphatic carbocycles. The van der Waals surface area contributed by atoms with Gasteiger partial charge in [0.2, 0.25) is 0 Å². The maximum absolute atomic E-state index is 12.7. The van der Waals surface area contributed by atoms with Gasteiger partial charge in [-0.1, -0.05) is 48.5 Å². The van der Waals surface area contributed by atoms with Crippen molar-refractivity contribution in [1.82, 2.24) is 0 Å². The Morgan fingerprint density at radius 1 is 1.03 bits per heavy atom. The van der Waals surface area contributed by atoms with Crippen molar-refractivity contribution in [2.75, 3.05) is 12.4 Å². The zero-order chi connectivity index (χ0) is 24.8. The van der Waals surface area contributed by atoms with Gasteiger partial charge in [-0.15, -0.1) is 0 Å². The van der Waals surface area contributed by atoms with Crippen LogP contribution in [-0.2, 0) is 11.4 Å². The molecule has 1 amide bonds. The molecule has 174 valence electrons. The Morgan fingerprint density at radius 2 is 1.83 bits per heavy atom. The number of carbonyl (C=O) groups excluding carboxylic acids is 1. The fourth-order valence-electron chi connectivity index (χ4n) is 3.68. The van der Waals surface area contributed by atoms with Crippen molar-refractivity contribution in [3.05, 3.63) is 105 Å². The van der Waals surface area contributed by atoms with Gasteiger partial charge in [-0.2, -0.15) is 5.26 Å². The van der Waals surface area contributed by atoms with Gasteiger partial charge in [0.1, 0.15) is 18.2 Å². The maximum atomic E-state index is 12.7. The van der Waals surface area contributed by atoms with Gasteiger partial charge < -0.3 is 14.8 Å². The number of carbonyl (C=O) groups is 1. The number of methoxy groups -OCH3 is 1. The molecular weight excluding hydrogens is 551 g/mol. The molecule has 0 heterocycles. The van der Waals surface area contributed by atoms with Crippen LogP contribution in [-0.4, -0.2) is 13.0 Å². The Balaban J connectivity index is 1.54. The quantitative estimate of drug-likeness (QED) is 0.148. The summed E-state index contributed by atoms with van der Waals surface area (Å²) in [6.07, 6.45) is 1.54. The third kappa shape index (κ3) is 6.00. The summed E-state index contributed by atoms with van der Waals surface area (Å²) in [4.78, 5) is 12.7. The van der Waals surface area contributed by atoms with E-state index in [4.69, 9.17) is 9.47 Å². The molecule has 5 nitrogen and oxygen atoms in total. The summed E-state index contributed by atoms with van der Waals surface area (Å²) < 4.78 is 12.5. The standard InChI is InChI=1S/C29H23IN2O3/c1-19-6-5-9-25(12-19)32-29(33)24(17-31)14-21-15-26(30)28(27(16-21)34-2)35-18-20-10-11-22-7-3-4-8-23(22)13-20/h3-16H,18H2,1-2H3,(H,32,33)/b24-14-. The lowest BCUT2D eigenvalue weighted by Gasteiger charge is -2.14. The summed E-state index contributed by atoms with van der Waals surface area (Å²) in [5, 5.41) is 14.7. The number of hydrogen-bond acceptors (Lipinski definition) is 4. The molecule has 35 heavy (non-hydrogen) atoms. The normalized spacial score (nSPS) is 11.1. The molecule has 0 radical (unpaired) electrons. The van der Waals surface area contributed by atoms with Gasteiger partial charge in [0, 0.05) is 5.69 Å². The van der Waals surface area contributed by atoms with Crippen molar-refractivity contribution in [1.29, 1.82) is 5.26 Å². The number of amides is 1. The molecule has 4 aromatic rings. The van der Waals surface area contributed by atoms with E-state index in [1.165, 1.54) is 5.39 Å². The first-order valence-corrected chi connectivity index (χ1v) is 12.0. The molecule has 0 bridgehead atoms. The van der Waals surface area contributed by atoms with Crippen molar-refractivity contribution >= 4 is 51.0 Å². The van der Waals surface area contributed by atoms with Gasteiger partial charge in [0.25, 0.3) is 5.91 Å². The SMILES string of the molecule is COc1cc(/C=C(/C#N)C(=O)Nc2cccc(C)c2)cc(I)c1OCc1ccc2ccccc2c1. The average molecular weight is 574 g/mol. The minimum atomic E-state index is -0.469. The number of rotatable bonds is 7. The molecule has 0 unspecified atom stereocenters. The molecule has 0 saturated carbocycles. The largest absolute Gasteiger partial charge is 0.493 e. The van der Waals surface area contributed by atoms with E-state index in [-0.39, 0.29) is 5.57 Å². The van der Waals surface area contributed by atoms with Crippen molar-refractivity contribution < 1.29 is 14.3 Å². The number of hydrogen-bond donors (Lipinski definition) is 1. The molecule has 0 saturated heterocycles. The van der Waals surface area contributed by atoms with Crippen LogP contribution in [0.2, 0.25) is 0 Å². The second-order valence-electron chi connectivity index (χ2n) is 8.00. The lowest BCUT2D eigenvalue weighted by atomic mass is 10.1. The van der Waals surface area contributed by atoms with Gasteiger partial charge in [0.05, 0.1) is 10.7 Å². The number of ether oxygens (including phenoxy) is 2. The Morgan fingerprint density at radius 3 is 2.57 bits per heavy atom. The van der Waals surface area contributed by atoms with Gasteiger partial charge in [0.15, 0.2) is 11.5 Å². The molecule has 0 aromatic heterocycles. The summed E-state index contributed by atoms with van der Waals surface area (Å²) >= 11 is 2.17. The monoisotopic (exact) mass is 574 g/mol. The fraction of sp³-hybridized carbons (Fsp3) is 0.103. The Bertz CT molecular complexity index is 1470. The highest BCUT2D eigenvalue weighted by Gasteiger charge is 2.14. The van der Waals surface area contributed by atoms with Gasteiger partial charge in [-0.25, -0.2) is 0 Å². The van der Waals surface area contributed by atoms with Crippen LogP contribution in [0.5, 0.6) is 11.5 Å². The van der Waals surface area contributed by atoms with Crippen LogP contribution in [0.15, 0.2) is 84.4 Å². The lowest BCUT2D eigenvalue weighted by molar-refractivity contribution is -0.112. The second-order valence-corrected chi connectivity index (χ2v) is 9.16. The minimum Gasteiger partial charge on any atom is -0.493 e. The van der Waals surface area contributed by atoms with Crippen LogP contribution >= 0.6 is 22.6 Å². The van der Waals surface area contributed by atoms with E-state index in [1.807, 2.05) is 55.5 Å². The Labute approximate surface area is 218 Å². The number of anilines is 1. The van der Waals surface area contributed by atoms with E-state index < -0.39 is 5.91 Å². The number of aryl methyl sites for hydroxylation is 1. The number of benzene rings is 4. The zero-order valence-corrected chi connectivity index (χ0v) is 21.5. The van der Waals surface area contributed by atoms with E-state index in [0.717, 1.165) is 20.1 Å². The van der Waals surface area contributed by atoms with Crippen LogP contribution < -0.4 is 14.8 Å². The topological polar surface area (TPSA) is 71.3 Å². The summed E-state index contributed by atoms with van der Waals surface area (Å²) in [7, 11) is 1.57. The van der Waals surface area contributed by atoms with E-state index >= 15 is 0 Å². The molecule has 0 aliphatic heterocycles. The van der Waals surface area contributed by atoms with Crippen molar-refractivity contribution in [2.24, 2.45) is 0 Å². The highest BCUT2D eigenvalue weighted by Crippen LogP contribution is 2.35. The van der Waals surface area contributed by atoms with Gasteiger partial charge >= 0.3 is 0 Å². The van der Waals surface area contributed by atoms with Crippen LogP contribution in [0.3, 0.4) is 0 Å². The summed E-state index contributed by atoms with van der Waals surface area (Å²) in [5.41, 5.74) is 3.36. The van der Waals surface area contributed by atoms with Crippen LogP contribution in [0.4, 0.5) is 5.69 Å². The Hall–Kier alpha value is -3.83. The second kappa shape index (κ2) is 11.1. The first-order valence-electron chi connectivity index (χ1n) is 10.9. The highest BCUT2D eigenvalue weighted by atomic mass is 127. The van der Waals surface area contributed by atoms with Crippen molar-refractivity contribution in [3.8, 4) is 17.6 Å². The minimum absolute atomic E-state index is 0.00538. The highest BCUT2D eigenvalue weighted by molar-refractivity contribution is 14.1. The molecule has 1 N–H and O–H groups in total. The van der Waals surface area contributed by atoms with Crippen LogP contribution in [0.25, 0.3) is 16.8 Å². The zero-order valence-electron chi connectivity index (χ0n) is 19.3. The molecule has 0 aliphatic rings. The number of halogens is 1. The molecule has 4 rings (SSSR count). The number of nitriles is 1. The van der Waals surface area contributed by atoms with Crippen LogP contribution in [0, 0.1) is 21.8 Å². The van der Waals surface area contributed by atoms with E-state index in [9.17, 15) is 10.1 Å². The lowest BCUT2D eigenvalue weighted by Crippen LogP contribution is -2.13. The van der Waals surface area contributed by atoms with Gasteiger partial charge in [-0.3, -0.25) is 4.79 Å². The first kappa shape index (κ1) is 24.3. The molecule has 0 atom stereocenters. The molecular formula is C29H23IN2O3. The summed E-state index contributed by atoms with van der Waals surface area (Å²) in [6, 6.07) is 27.5. The van der Waals surface area contributed by atoms with Crippen LogP contribution in [0.1, 0.15) is 16.7 Å². The molecule has 0 fully saturated rings. The van der Waals surface area contributed by atoms with E-state index in [2.05, 4.69) is 52.2 Å². The fourth-order valence-corrected chi connectivity index (χ4v) is 4.46. The molecule has 0 spiro atoms. The van der Waals surface area contributed by atoms with Gasteiger partial charge in [-0.05, 0) is 93.4 Å². The van der Waals surface area contributed by atoms with E-state index in [0.29, 0.717) is 29.4 Å². The predicted octanol–water partition coefficient (Wildman–Crippen LogP) is 6.89.